The summed E-state index contributed by atoms with van der Waals surface area (Å²) in [6.07, 6.45) is 4.01. The lowest BCUT2D eigenvalue weighted by molar-refractivity contribution is 0.333. The molecule has 0 saturated carbocycles. The van der Waals surface area contributed by atoms with Gasteiger partial charge in [-0.2, -0.15) is 0 Å². The molecule has 2 atom stereocenters. The van der Waals surface area contributed by atoms with E-state index in [9.17, 15) is 0 Å². The van der Waals surface area contributed by atoms with E-state index in [2.05, 4.69) is 45.3 Å². The van der Waals surface area contributed by atoms with Crippen molar-refractivity contribution in [1.82, 2.24) is 10.6 Å². The van der Waals surface area contributed by atoms with Crippen molar-refractivity contribution >= 4 is 0 Å². The Kier molecular flexibility index (Phi) is 7.29. The molecule has 0 saturated heterocycles. The summed E-state index contributed by atoms with van der Waals surface area (Å²) in [4.78, 5) is 0. The number of nitrogens with one attached hydrogen (secondary N) is 2. The van der Waals surface area contributed by atoms with Gasteiger partial charge in [-0.15, -0.1) is 0 Å². The molecule has 13 heavy (non-hydrogen) atoms. The highest BCUT2D eigenvalue weighted by Gasteiger charge is 2.10. The first kappa shape index (κ1) is 12.9. The van der Waals surface area contributed by atoms with Crippen molar-refractivity contribution in [1.29, 1.82) is 0 Å². The Balaban J connectivity index is 3.74. The Morgan fingerprint density at radius 2 is 1.15 bits per heavy atom. The van der Waals surface area contributed by atoms with Crippen molar-refractivity contribution in [3.05, 3.63) is 0 Å². The second kappa shape index (κ2) is 7.34. The van der Waals surface area contributed by atoms with Crippen molar-refractivity contribution in [2.24, 2.45) is 0 Å². The van der Waals surface area contributed by atoms with E-state index in [1.807, 2.05) is 0 Å². The molecule has 0 amide bonds. The third-order valence-corrected chi connectivity index (χ3v) is 2.60. The van der Waals surface area contributed by atoms with Crippen LogP contribution in [-0.2, 0) is 0 Å². The summed E-state index contributed by atoms with van der Waals surface area (Å²) in [6.45, 7) is 11.1. The third kappa shape index (κ3) is 6.05. The van der Waals surface area contributed by atoms with Gasteiger partial charge in [-0.25, -0.2) is 0 Å². The second-order valence-electron chi connectivity index (χ2n) is 3.91. The van der Waals surface area contributed by atoms with E-state index in [0.717, 1.165) is 6.42 Å². The quantitative estimate of drug-likeness (QED) is 0.597. The Bertz CT molecular complexity index is 103. The Hall–Kier alpha value is -0.0800. The minimum Gasteiger partial charge on any atom is -0.299 e. The summed E-state index contributed by atoms with van der Waals surface area (Å²) in [6, 6.07) is 1.23. The summed E-state index contributed by atoms with van der Waals surface area (Å²) >= 11 is 0. The van der Waals surface area contributed by atoms with Crippen LogP contribution in [0.3, 0.4) is 0 Å². The molecular formula is C11H26N2. The fraction of sp³-hybridized carbons (Fsp3) is 1.00. The van der Waals surface area contributed by atoms with Gasteiger partial charge in [0.1, 0.15) is 0 Å². The molecule has 0 aliphatic rings. The van der Waals surface area contributed by atoms with Crippen molar-refractivity contribution in [3.8, 4) is 0 Å². The highest BCUT2D eigenvalue weighted by atomic mass is 15.1. The largest absolute Gasteiger partial charge is 0.299 e. The molecule has 0 bridgehead atoms. The Labute approximate surface area is 83.5 Å². The average Bonchev–Trinajstić information content (AvgIpc) is 2.16. The second-order valence-corrected chi connectivity index (χ2v) is 3.91. The van der Waals surface area contributed by atoms with Crippen molar-refractivity contribution in [3.63, 3.8) is 0 Å². The lowest BCUT2D eigenvalue weighted by atomic mass is 10.2. The van der Waals surface area contributed by atoms with Crippen LogP contribution in [-0.4, -0.2) is 18.2 Å². The van der Waals surface area contributed by atoms with E-state index >= 15 is 0 Å². The summed E-state index contributed by atoms with van der Waals surface area (Å²) in [5.41, 5.74) is 0. The van der Waals surface area contributed by atoms with E-state index in [-0.39, 0.29) is 0 Å². The van der Waals surface area contributed by atoms with Gasteiger partial charge in [-0.1, -0.05) is 20.8 Å². The van der Waals surface area contributed by atoms with Crippen LogP contribution in [0.4, 0.5) is 0 Å². The van der Waals surface area contributed by atoms with Crippen LogP contribution in [0.1, 0.15) is 53.9 Å². The molecule has 2 unspecified atom stereocenters. The molecule has 2 nitrogen and oxygen atoms in total. The Morgan fingerprint density at radius 3 is 1.38 bits per heavy atom. The van der Waals surface area contributed by atoms with Crippen molar-refractivity contribution in [2.45, 2.75) is 72.1 Å². The van der Waals surface area contributed by atoms with E-state index in [1.165, 1.54) is 12.8 Å². The first-order valence-corrected chi connectivity index (χ1v) is 5.66. The molecule has 0 aliphatic heterocycles. The molecule has 0 aromatic heterocycles. The molecule has 0 radical (unpaired) electrons. The first-order valence-electron chi connectivity index (χ1n) is 5.66. The molecule has 0 rings (SSSR count). The highest BCUT2D eigenvalue weighted by molar-refractivity contribution is 4.70. The maximum absolute atomic E-state index is 3.57. The molecular weight excluding hydrogens is 160 g/mol. The predicted octanol–water partition coefficient (Wildman–Crippen LogP) is 2.50. The van der Waals surface area contributed by atoms with Crippen LogP contribution in [0, 0.1) is 0 Å². The van der Waals surface area contributed by atoms with E-state index in [0.29, 0.717) is 18.2 Å². The van der Waals surface area contributed by atoms with Crippen LogP contribution in [0.15, 0.2) is 0 Å². The lowest BCUT2D eigenvalue weighted by Gasteiger charge is -2.25. The molecule has 80 valence electrons. The van der Waals surface area contributed by atoms with Gasteiger partial charge in [0.15, 0.2) is 0 Å². The fourth-order valence-corrected chi connectivity index (χ4v) is 1.21. The summed E-state index contributed by atoms with van der Waals surface area (Å²) in [5.74, 6) is 0. The SMILES string of the molecule is CCC(C)NC(CC)NC(C)CC. The number of hydrogen-bond donors (Lipinski definition) is 2. The van der Waals surface area contributed by atoms with Crippen molar-refractivity contribution < 1.29 is 0 Å². The molecule has 0 spiro atoms. The fourth-order valence-electron chi connectivity index (χ4n) is 1.21. The average molecular weight is 186 g/mol. The molecule has 0 fully saturated rings. The number of hydrogen-bond acceptors (Lipinski definition) is 2. The van der Waals surface area contributed by atoms with Gasteiger partial charge in [-0.05, 0) is 33.1 Å². The van der Waals surface area contributed by atoms with Crippen molar-refractivity contribution in [2.75, 3.05) is 0 Å². The van der Waals surface area contributed by atoms with Gasteiger partial charge in [0.25, 0.3) is 0 Å². The molecule has 0 aromatic carbocycles. The normalized spacial score (nSPS) is 18.2. The minimum absolute atomic E-state index is 0.477. The van der Waals surface area contributed by atoms with Gasteiger partial charge in [-0.3, -0.25) is 10.6 Å². The number of rotatable bonds is 7. The zero-order valence-corrected chi connectivity index (χ0v) is 9.85. The van der Waals surface area contributed by atoms with Crippen LogP contribution >= 0.6 is 0 Å². The monoisotopic (exact) mass is 186 g/mol. The van der Waals surface area contributed by atoms with Gasteiger partial charge in [0, 0.05) is 12.1 Å². The van der Waals surface area contributed by atoms with Crippen LogP contribution in [0.2, 0.25) is 0 Å². The standard InChI is InChI=1S/C11H26N2/c1-6-9(4)12-11(8-3)13-10(5)7-2/h9-13H,6-8H2,1-5H3. The lowest BCUT2D eigenvalue weighted by Crippen LogP contribution is -2.48. The van der Waals surface area contributed by atoms with Crippen LogP contribution in [0.5, 0.6) is 0 Å². The Morgan fingerprint density at radius 1 is 0.769 bits per heavy atom. The van der Waals surface area contributed by atoms with Gasteiger partial charge < -0.3 is 0 Å². The topological polar surface area (TPSA) is 24.1 Å². The smallest absolute Gasteiger partial charge is 0.0573 e. The summed E-state index contributed by atoms with van der Waals surface area (Å²) in [7, 11) is 0. The zero-order valence-electron chi connectivity index (χ0n) is 9.85. The van der Waals surface area contributed by atoms with Gasteiger partial charge in [0.2, 0.25) is 0 Å². The van der Waals surface area contributed by atoms with Crippen LogP contribution < -0.4 is 10.6 Å². The first-order chi connectivity index (χ1) is 6.13. The highest BCUT2D eigenvalue weighted by Crippen LogP contribution is 1.97. The van der Waals surface area contributed by atoms with E-state index in [4.69, 9.17) is 0 Å². The predicted molar refractivity (Wildman–Crippen MR) is 59.9 cm³/mol. The molecule has 2 heteroatoms. The summed E-state index contributed by atoms with van der Waals surface area (Å²) < 4.78 is 0. The maximum atomic E-state index is 3.57. The van der Waals surface area contributed by atoms with Gasteiger partial charge >= 0.3 is 0 Å². The van der Waals surface area contributed by atoms with E-state index < -0.39 is 0 Å². The zero-order chi connectivity index (χ0) is 10.3. The molecule has 0 aromatic rings. The maximum Gasteiger partial charge on any atom is 0.0573 e. The molecule has 2 N–H and O–H groups in total. The van der Waals surface area contributed by atoms with Gasteiger partial charge in [0.05, 0.1) is 6.17 Å². The third-order valence-electron chi connectivity index (χ3n) is 2.60. The van der Waals surface area contributed by atoms with Crippen LogP contribution in [0.25, 0.3) is 0 Å². The minimum atomic E-state index is 0.477. The summed E-state index contributed by atoms with van der Waals surface area (Å²) in [5, 5.41) is 7.14. The molecule has 0 aliphatic carbocycles. The van der Waals surface area contributed by atoms with E-state index in [1.54, 1.807) is 0 Å². The molecule has 0 heterocycles.